The molecule has 1 saturated heterocycles. The quantitative estimate of drug-likeness (QED) is 0.301. The molecular weight excluding hydrogens is 464 g/mol. The standard InChI is InChI=1S/C25H34N6O5/c1-3-4-13-35-24-28-22(26)21-23(29-24)31(25(33)27-21)14-17-5-7-19(8-6-17)36-16-18-9-11-30(12-10-18)15-20(32)34-2/h5-8,18H,3-4,9-16H2,1-2H3,(H,27,33)(H2,26,28,29). The van der Waals surface area contributed by atoms with Crippen molar-refractivity contribution in [3.8, 4) is 11.8 Å². The zero-order valence-corrected chi connectivity index (χ0v) is 20.9. The van der Waals surface area contributed by atoms with Crippen molar-refractivity contribution in [1.29, 1.82) is 0 Å². The Morgan fingerprint density at radius 1 is 1.17 bits per heavy atom. The number of rotatable bonds is 11. The first-order chi connectivity index (χ1) is 17.5. The molecule has 0 radical (unpaired) electrons. The minimum absolute atomic E-state index is 0.168. The smallest absolute Gasteiger partial charge is 0.328 e. The lowest BCUT2D eigenvalue weighted by Gasteiger charge is -2.30. The lowest BCUT2D eigenvalue weighted by Crippen LogP contribution is -2.39. The number of methoxy groups -OCH3 is 1. The van der Waals surface area contributed by atoms with Crippen molar-refractivity contribution in [2.24, 2.45) is 5.92 Å². The number of piperidine rings is 1. The van der Waals surface area contributed by atoms with E-state index in [9.17, 15) is 9.59 Å². The number of aromatic amines is 1. The minimum Gasteiger partial charge on any atom is -0.493 e. The van der Waals surface area contributed by atoms with Gasteiger partial charge in [-0.05, 0) is 56.0 Å². The predicted octanol–water partition coefficient (Wildman–Crippen LogP) is 2.19. The lowest BCUT2D eigenvalue weighted by atomic mass is 9.98. The number of anilines is 1. The number of carbonyl (C=O) groups excluding carboxylic acids is 1. The highest BCUT2D eigenvalue weighted by molar-refractivity contribution is 5.82. The molecule has 0 atom stereocenters. The fraction of sp³-hybridized carbons (Fsp3) is 0.520. The molecule has 0 unspecified atom stereocenters. The van der Waals surface area contributed by atoms with Crippen LogP contribution in [0.3, 0.4) is 0 Å². The van der Waals surface area contributed by atoms with E-state index in [-0.39, 0.29) is 23.5 Å². The number of hydrogen-bond acceptors (Lipinski definition) is 9. The molecule has 1 aliphatic heterocycles. The van der Waals surface area contributed by atoms with Crippen molar-refractivity contribution in [3.63, 3.8) is 0 Å². The van der Waals surface area contributed by atoms with Crippen LogP contribution in [0.25, 0.3) is 11.2 Å². The van der Waals surface area contributed by atoms with Gasteiger partial charge in [0.05, 0.1) is 33.4 Å². The molecule has 0 saturated carbocycles. The monoisotopic (exact) mass is 498 g/mol. The first-order valence-corrected chi connectivity index (χ1v) is 12.4. The van der Waals surface area contributed by atoms with Crippen molar-refractivity contribution in [2.75, 3.05) is 45.7 Å². The largest absolute Gasteiger partial charge is 0.493 e. The third-order valence-electron chi connectivity index (χ3n) is 6.40. The Morgan fingerprint density at radius 3 is 2.61 bits per heavy atom. The van der Waals surface area contributed by atoms with Gasteiger partial charge in [0.25, 0.3) is 0 Å². The van der Waals surface area contributed by atoms with Crippen molar-refractivity contribution in [1.82, 2.24) is 24.4 Å². The molecule has 11 heteroatoms. The third-order valence-corrected chi connectivity index (χ3v) is 6.40. The lowest BCUT2D eigenvalue weighted by molar-refractivity contribution is -0.142. The van der Waals surface area contributed by atoms with Crippen molar-refractivity contribution in [2.45, 2.75) is 39.2 Å². The normalized spacial score (nSPS) is 14.7. The number of nitrogens with zero attached hydrogens (tertiary/aromatic N) is 4. The summed E-state index contributed by atoms with van der Waals surface area (Å²) in [5, 5.41) is 0. The molecule has 194 valence electrons. The van der Waals surface area contributed by atoms with Gasteiger partial charge in [-0.1, -0.05) is 25.5 Å². The SMILES string of the molecule is CCCCOc1nc(N)c2[nH]c(=O)n(Cc3ccc(OCC4CCN(CC(=O)OC)CC4)cc3)c2n1. The average molecular weight is 499 g/mol. The second-order valence-electron chi connectivity index (χ2n) is 9.06. The Labute approximate surface area is 209 Å². The van der Waals surface area contributed by atoms with Crippen molar-refractivity contribution < 1.29 is 19.0 Å². The highest BCUT2D eigenvalue weighted by Crippen LogP contribution is 2.22. The molecule has 1 aromatic carbocycles. The summed E-state index contributed by atoms with van der Waals surface area (Å²) in [6.45, 7) is 5.58. The number of aromatic nitrogens is 4. The van der Waals surface area contributed by atoms with Gasteiger partial charge >= 0.3 is 17.7 Å². The van der Waals surface area contributed by atoms with Gasteiger partial charge in [0.15, 0.2) is 11.5 Å². The van der Waals surface area contributed by atoms with E-state index in [2.05, 4.69) is 26.8 Å². The molecule has 1 fully saturated rings. The molecule has 3 aromatic rings. The molecule has 11 nitrogen and oxygen atoms in total. The maximum absolute atomic E-state index is 12.6. The number of H-pyrrole nitrogens is 1. The fourth-order valence-electron chi connectivity index (χ4n) is 4.20. The van der Waals surface area contributed by atoms with Crippen molar-refractivity contribution in [3.05, 3.63) is 40.3 Å². The number of benzene rings is 1. The van der Waals surface area contributed by atoms with Gasteiger partial charge in [-0.15, -0.1) is 0 Å². The predicted molar refractivity (Wildman–Crippen MR) is 135 cm³/mol. The molecule has 3 heterocycles. The highest BCUT2D eigenvalue weighted by atomic mass is 16.5. The van der Waals surface area contributed by atoms with E-state index in [1.165, 1.54) is 11.7 Å². The van der Waals surface area contributed by atoms with Gasteiger partial charge in [-0.25, -0.2) is 4.79 Å². The van der Waals surface area contributed by atoms with Gasteiger partial charge in [0, 0.05) is 0 Å². The molecule has 4 rings (SSSR count). The second-order valence-corrected chi connectivity index (χ2v) is 9.06. The van der Waals surface area contributed by atoms with Crippen LogP contribution in [0, 0.1) is 5.92 Å². The number of unbranched alkanes of at least 4 members (excludes halogenated alkanes) is 1. The maximum atomic E-state index is 12.6. The van der Waals surface area contributed by atoms with Gasteiger partial charge < -0.3 is 24.9 Å². The third kappa shape index (κ3) is 6.34. The first kappa shape index (κ1) is 25.5. The molecule has 0 bridgehead atoms. The topological polar surface area (TPSA) is 138 Å². The summed E-state index contributed by atoms with van der Waals surface area (Å²) in [6.07, 6.45) is 3.83. The zero-order valence-electron chi connectivity index (χ0n) is 20.9. The van der Waals surface area contributed by atoms with E-state index in [0.29, 0.717) is 43.4 Å². The summed E-state index contributed by atoms with van der Waals surface area (Å²) in [4.78, 5) is 37.5. The Bertz CT molecular complexity index is 1210. The summed E-state index contributed by atoms with van der Waals surface area (Å²) in [7, 11) is 1.41. The van der Waals surface area contributed by atoms with Crippen LogP contribution >= 0.6 is 0 Å². The molecule has 36 heavy (non-hydrogen) atoms. The molecule has 3 N–H and O–H groups in total. The number of carbonyl (C=O) groups is 1. The number of likely N-dealkylation sites (tertiary alicyclic amines) is 1. The van der Waals surface area contributed by atoms with Gasteiger partial charge in [0.1, 0.15) is 11.3 Å². The van der Waals surface area contributed by atoms with E-state index in [1.807, 2.05) is 24.3 Å². The summed E-state index contributed by atoms with van der Waals surface area (Å²) in [5.74, 6) is 1.21. The minimum atomic E-state index is -0.310. The average Bonchev–Trinajstić information content (AvgIpc) is 3.20. The molecule has 0 spiro atoms. The van der Waals surface area contributed by atoms with Crippen molar-refractivity contribution >= 4 is 23.0 Å². The van der Waals surface area contributed by atoms with Crippen LogP contribution in [0.2, 0.25) is 0 Å². The van der Waals surface area contributed by atoms with Crippen LogP contribution in [0.5, 0.6) is 11.8 Å². The van der Waals surface area contributed by atoms with E-state index in [0.717, 1.165) is 50.1 Å². The van der Waals surface area contributed by atoms with Crippen LogP contribution in [0.1, 0.15) is 38.2 Å². The van der Waals surface area contributed by atoms with Gasteiger partial charge in [-0.3, -0.25) is 14.3 Å². The summed E-state index contributed by atoms with van der Waals surface area (Å²) in [5.41, 5.74) is 7.46. The van der Waals surface area contributed by atoms with E-state index >= 15 is 0 Å². The number of imidazole rings is 1. The number of nitrogen functional groups attached to an aromatic ring is 1. The highest BCUT2D eigenvalue weighted by Gasteiger charge is 2.21. The molecule has 1 aliphatic rings. The Balaban J connectivity index is 1.35. The summed E-state index contributed by atoms with van der Waals surface area (Å²) in [6, 6.07) is 7.85. The number of hydrogen-bond donors (Lipinski definition) is 2. The number of ether oxygens (including phenoxy) is 3. The van der Waals surface area contributed by atoms with Crippen LogP contribution in [0.15, 0.2) is 29.1 Å². The fourth-order valence-corrected chi connectivity index (χ4v) is 4.20. The number of nitrogens with two attached hydrogens (primary N) is 1. The molecule has 2 aromatic heterocycles. The van der Waals surface area contributed by atoms with Crippen LogP contribution in [-0.2, 0) is 16.1 Å². The zero-order chi connectivity index (χ0) is 25.5. The second kappa shape index (κ2) is 11.9. The Kier molecular flexibility index (Phi) is 8.42. The molecule has 0 amide bonds. The Morgan fingerprint density at radius 2 is 1.92 bits per heavy atom. The van der Waals surface area contributed by atoms with Gasteiger partial charge in [-0.2, -0.15) is 9.97 Å². The van der Waals surface area contributed by atoms with Crippen LogP contribution < -0.4 is 20.9 Å². The van der Waals surface area contributed by atoms with E-state index in [4.69, 9.17) is 19.9 Å². The Hall–Kier alpha value is -3.60. The van der Waals surface area contributed by atoms with E-state index < -0.39 is 0 Å². The maximum Gasteiger partial charge on any atom is 0.328 e. The van der Waals surface area contributed by atoms with Crippen LogP contribution in [0.4, 0.5) is 5.82 Å². The molecule has 0 aliphatic carbocycles. The van der Waals surface area contributed by atoms with Crippen LogP contribution in [-0.4, -0.2) is 70.3 Å². The number of fused-ring (bicyclic) bond motifs is 1. The first-order valence-electron chi connectivity index (χ1n) is 12.4. The number of nitrogens with one attached hydrogen (secondary N) is 1. The van der Waals surface area contributed by atoms with Gasteiger partial charge in [0.2, 0.25) is 0 Å². The van der Waals surface area contributed by atoms with E-state index in [1.54, 1.807) is 0 Å². The summed E-state index contributed by atoms with van der Waals surface area (Å²) >= 11 is 0. The molecular formula is C25H34N6O5. The summed E-state index contributed by atoms with van der Waals surface area (Å²) < 4.78 is 17.9. The number of esters is 1.